The van der Waals surface area contributed by atoms with Gasteiger partial charge >= 0.3 is 0 Å². The normalized spacial score (nSPS) is 19.3. The molecule has 1 unspecified atom stereocenters. The molecular formula is C33H38N6O4. The average Bonchev–Trinajstić information content (AvgIpc) is 3.32. The Morgan fingerprint density at radius 3 is 2.67 bits per heavy atom. The number of carbonyl (C=O) groups excluding carboxylic acids is 1. The molecule has 2 aromatic carbocycles. The highest BCUT2D eigenvalue weighted by Gasteiger charge is 2.24. The summed E-state index contributed by atoms with van der Waals surface area (Å²) in [5.41, 5.74) is 2.12. The van der Waals surface area contributed by atoms with Crippen molar-refractivity contribution < 1.29 is 14.3 Å². The molecular weight excluding hydrogens is 544 g/mol. The summed E-state index contributed by atoms with van der Waals surface area (Å²) >= 11 is 0. The third kappa shape index (κ3) is 7.03. The number of guanidine groups is 1. The number of aromatic nitrogens is 2. The number of nitrogens with zero attached hydrogens (tertiary/aromatic N) is 4. The zero-order valence-corrected chi connectivity index (χ0v) is 24.3. The smallest absolute Gasteiger partial charge is 0.261 e. The molecule has 6 rings (SSSR count). The van der Waals surface area contributed by atoms with Gasteiger partial charge in [-0.15, -0.1) is 0 Å². The molecule has 43 heavy (non-hydrogen) atoms. The van der Waals surface area contributed by atoms with E-state index in [1.54, 1.807) is 18.5 Å². The maximum atomic E-state index is 13.6. The molecule has 0 radical (unpaired) electrons. The monoisotopic (exact) mass is 582 g/mol. The van der Waals surface area contributed by atoms with Gasteiger partial charge in [-0.2, -0.15) is 0 Å². The van der Waals surface area contributed by atoms with Gasteiger partial charge < -0.3 is 25.0 Å². The Bertz CT molecular complexity index is 1570. The number of carbonyl (C=O) groups is 1. The molecule has 0 aliphatic carbocycles. The maximum absolute atomic E-state index is 13.6. The summed E-state index contributed by atoms with van der Waals surface area (Å²) in [7, 11) is 0. The third-order valence-electron chi connectivity index (χ3n) is 8.14. The first-order valence-corrected chi connectivity index (χ1v) is 15.2. The molecule has 224 valence electrons. The number of amides is 1. The Hall–Kier alpha value is -4.28. The Morgan fingerprint density at radius 2 is 1.86 bits per heavy atom. The van der Waals surface area contributed by atoms with E-state index >= 15 is 0 Å². The highest BCUT2D eigenvalue weighted by molar-refractivity contribution is 5.97. The van der Waals surface area contributed by atoms with Gasteiger partial charge in [-0.25, -0.2) is 9.98 Å². The second-order valence-electron chi connectivity index (χ2n) is 11.1. The van der Waals surface area contributed by atoms with Gasteiger partial charge in [-0.1, -0.05) is 42.5 Å². The lowest BCUT2D eigenvalue weighted by atomic mass is 9.96. The molecule has 1 aromatic heterocycles. The van der Waals surface area contributed by atoms with E-state index in [0.717, 1.165) is 57.4 Å². The van der Waals surface area contributed by atoms with E-state index in [9.17, 15) is 9.59 Å². The number of benzene rings is 2. The van der Waals surface area contributed by atoms with Gasteiger partial charge in [0.2, 0.25) is 5.96 Å². The average molecular weight is 583 g/mol. The van der Waals surface area contributed by atoms with Gasteiger partial charge in [0.1, 0.15) is 5.82 Å². The Morgan fingerprint density at radius 1 is 1.05 bits per heavy atom. The van der Waals surface area contributed by atoms with E-state index in [4.69, 9.17) is 14.5 Å². The topological polar surface area (TPSA) is 110 Å². The highest BCUT2D eigenvalue weighted by Crippen LogP contribution is 2.24. The minimum atomic E-state index is -0.196. The summed E-state index contributed by atoms with van der Waals surface area (Å²) in [6.45, 7) is 3.73. The van der Waals surface area contributed by atoms with Crippen LogP contribution < -0.4 is 16.2 Å². The van der Waals surface area contributed by atoms with E-state index < -0.39 is 0 Å². The SMILES string of the molecule is O=C(NCCOC1CCCCO1)C1=CN=C(N2CCC(Cn3c(-c4ccccc4)nc4ccccc4c3=O)CC2)NC=C1. The van der Waals surface area contributed by atoms with Crippen molar-refractivity contribution in [3.63, 3.8) is 0 Å². The van der Waals surface area contributed by atoms with Crippen LogP contribution in [-0.2, 0) is 20.8 Å². The van der Waals surface area contributed by atoms with E-state index in [2.05, 4.69) is 20.5 Å². The van der Waals surface area contributed by atoms with Crippen molar-refractivity contribution in [2.24, 2.45) is 10.9 Å². The van der Waals surface area contributed by atoms with Crippen molar-refractivity contribution in [3.8, 4) is 11.4 Å². The molecule has 0 saturated carbocycles. The number of aliphatic imine (C=N–C) groups is 1. The minimum Gasteiger partial charge on any atom is -0.353 e. The molecule has 0 spiro atoms. The minimum absolute atomic E-state index is 0.00310. The number of nitrogens with one attached hydrogen (secondary N) is 2. The van der Waals surface area contributed by atoms with Gasteiger partial charge in [0.25, 0.3) is 11.5 Å². The second kappa shape index (κ2) is 13.8. The summed E-state index contributed by atoms with van der Waals surface area (Å²) in [6.07, 6.45) is 9.80. The number of para-hydroxylation sites is 1. The molecule has 10 nitrogen and oxygen atoms in total. The third-order valence-corrected chi connectivity index (χ3v) is 8.14. The number of ether oxygens (including phenoxy) is 2. The largest absolute Gasteiger partial charge is 0.353 e. The number of hydrogen-bond donors (Lipinski definition) is 2. The van der Waals surface area contributed by atoms with Crippen LogP contribution in [0.3, 0.4) is 0 Å². The van der Waals surface area contributed by atoms with Crippen molar-refractivity contribution in [2.45, 2.75) is 44.9 Å². The molecule has 2 N–H and O–H groups in total. The van der Waals surface area contributed by atoms with E-state index in [1.807, 2.05) is 59.2 Å². The van der Waals surface area contributed by atoms with Crippen LogP contribution in [0, 0.1) is 5.92 Å². The quantitative estimate of drug-likeness (QED) is 0.389. The van der Waals surface area contributed by atoms with Crippen LogP contribution in [0.25, 0.3) is 22.3 Å². The summed E-state index contributed by atoms with van der Waals surface area (Å²) in [4.78, 5) is 38.0. The molecule has 2 fully saturated rings. The summed E-state index contributed by atoms with van der Waals surface area (Å²) in [6, 6.07) is 17.5. The molecule has 4 heterocycles. The molecule has 3 aromatic rings. The molecule has 1 amide bonds. The fourth-order valence-electron chi connectivity index (χ4n) is 5.75. The first kappa shape index (κ1) is 28.8. The van der Waals surface area contributed by atoms with E-state index in [0.29, 0.717) is 53.9 Å². The predicted molar refractivity (Wildman–Crippen MR) is 166 cm³/mol. The number of likely N-dealkylation sites (tertiary alicyclic amines) is 1. The fourth-order valence-corrected chi connectivity index (χ4v) is 5.75. The number of fused-ring (bicyclic) bond motifs is 1. The van der Waals surface area contributed by atoms with Crippen LogP contribution in [0.5, 0.6) is 0 Å². The van der Waals surface area contributed by atoms with E-state index in [1.165, 1.54) is 0 Å². The van der Waals surface area contributed by atoms with Crippen molar-refractivity contribution in [1.82, 2.24) is 25.1 Å². The highest BCUT2D eigenvalue weighted by atomic mass is 16.7. The zero-order valence-electron chi connectivity index (χ0n) is 24.3. The molecule has 3 aliphatic heterocycles. The van der Waals surface area contributed by atoms with Gasteiger partial charge in [-0.3, -0.25) is 14.2 Å². The summed E-state index contributed by atoms with van der Waals surface area (Å²) in [5, 5.41) is 6.76. The number of hydrogen-bond acceptors (Lipinski definition) is 8. The molecule has 0 bridgehead atoms. The Balaban J connectivity index is 1.06. The van der Waals surface area contributed by atoms with Gasteiger partial charge in [0, 0.05) is 50.7 Å². The van der Waals surface area contributed by atoms with Crippen LogP contribution in [0.4, 0.5) is 0 Å². The lowest BCUT2D eigenvalue weighted by molar-refractivity contribution is -0.161. The summed E-state index contributed by atoms with van der Waals surface area (Å²) < 4.78 is 13.1. The van der Waals surface area contributed by atoms with Crippen LogP contribution in [0.1, 0.15) is 32.1 Å². The van der Waals surface area contributed by atoms with Crippen LogP contribution in [0.2, 0.25) is 0 Å². The van der Waals surface area contributed by atoms with Crippen molar-refractivity contribution >= 4 is 22.8 Å². The second-order valence-corrected chi connectivity index (χ2v) is 11.1. The van der Waals surface area contributed by atoms with Gasteiger partial charge in [-0.05, 0) is 56.2 Å². The summed E-state index contributed by atoms with van der Waals surface area (Å²) in [5.74, 6) is 1.54. The van der Waals surface area contributed by atoms with E-state index in [-0.39, 0.29) is 17.8 Å². The molecule has 1 atom stereocenters. The Kier molecular flexibility index (Phi) is 9.25. The predicted octanol–water partition coefficient (Wildman–Crippen LogP) is 3.79. The van der Waals surface area contributed by atoms with Gasteiger partial charge in [0.15, 0.2) is 6.29 Å². The molecule has 3 aliphatic rings. The van der Waals surface area contributed by atoms with Crippen molar-refractivity contribution in [2.75, 3.05) is 32.8 Å². The first-order valence-electron chi connectivity index (χ1n) is 15.2. The van der Waals surface area contributed by atoms with Crippen molar-refractivity contribution in [1.29, 1.82) is 0 Å². The lowest BCUT2D eigenvalue weighted by Gasteiger charge is -2.34. The van der Waals surface area contributed by atoms with Gasteiger partial charge in [0.05, 0.1) is 23.1 Å². The number of piperidine rings is 1. The maximum Gasteiger partial charge on any atom is 0.261 e. The van der Waals surface area contributed by atoms with Crippen molar-refractivity contribution in [3.05, 3.63) is 89.0 Å². The Labute approximate surface area is 251 Å². The molecule has 2 saturated heterocycles. The first-order chi connectivity index (χ1) is 21.2. The zero-order chi connectivity index (χ0) is 29.4. The fraction of sp³-hybridized carbons (Fsp3) is 0.394. The van der Waals surface area contributed by atoms with Crippen LogP contribution >= 0.6 is 0 Å². The van der Waals surface area contributed by atoms with Crippen LogP contribution in [-0.4, -0.2) is 65.5 Å². The standard InChI is InChI=1S/C33H38N6O4/c40-31(34-17-21-43-29-12-6-7-20-42-29)26-13-16-35-33(36-22-26)38-18-14-24(15-19-38)23-39-30(25-8-2-1-3-9-25)37-28-11-5-4-10-27(28)32(39)41/h1-5,8-11,13,16,22,24,29H,6-7,12,14-15,17-21,23H2,(H,34,40)(H,35,36). The molecule has 10 heteroatoms. The number of rotatable bonds is 8. The lowest BCUT2D eigenvalue weighted by Crippen LogP contribution is -2.44. The van der Waals surface area contributed by atoms with Crippen LogP contribution in [0.15, 0.2) is 88.4 Å².